The summed E-state index contributed by atoms with van der Waals surface area (Å²) in [6, 6.07) is 0. The fourth-order valence-corrected chi connectivity index (χ4v) is 3.34. The predicted molar refractivity (Wildman–Crippen MR) is 60.6 cm³/mol. The van der Waals surface area contributed by atoms with Gasteiger partial charge in [0.25, 0.3) is 0 Å². The molecular weight excluding hydrogens is 192 g/mol. The standard InChI is InChI=1S/C11H18N2S/c1-8-11(14-7-13-8)10-4-2-9(6-12)3-5-10/h7,9-10H,2-6,12H2,1H3. The zero-order valence-electron chi connectivity index (χ0n) is 8.70. The molecule has 0 amide bonds. The smallest absolute Gasteiger partial charge is 0.0797 e. The van der Waals surface area contributed by atoms with Gasteiger partial charge in [-0.2, -0.15) is 0 Å². The van der Waals surface area contributed by atoms with Gasteiger partial charge >= 0.3 is 0 Å². The molecule has 1 saturated carbocycles. The first-order chi connectivity index (χ1) is 6.81. The zero-order valence-corrected chi connectivity index (χ0v) is 9.52. The molecule has 1 heterocycles. The number of aryl methyl sites for hydroxylation is 1. The molecule has 0 bridgehead atoms. The Morgan fingerprint density at radius 3 is 2.64 bits per heavy atom. The van der Waals surface area contributed by atoms with Crippen molar-refractivity contribution >= 4 is 11.3 Å². The van der Waals surface area contributed by atoms with Gasteiger partial charge in [-0.25, -0.2) is 4.98 Å². The van der Waals surface area contributed by atoms with Crippen LogP contribution >= 0.6 is 11.3 Å². The van der Waals surface area contributed by atoms with Crippen LogP contribution in [-0.4, -0.2) is 11.5 Å². The summed E-state index contributed by atoms with van der Waals surface area (Å²) >= 11 is 1.82. The van der Waals surface area contributed by atoms with Crippen LogP contribution in [0.1, 0.15) is 42.2 Å². The minimum absolute atomic E-state index is 0.769. The van der Waals surface area contributed by atoms with Crippen molar-refractivity contribution < 1.29 is 0 Å². The van der Waals surface area contributed by atoms with Crippen LogP contribution < -0.4 is 5.73 Å². The fourth-order valence-electron chi connectivity index (χ4n) is 2.36. The monoisotopic (exact) mass is 210 g/mol. The van der Waals surface area contributed by atoms with Crippen LogP contribution in [0.3, 0.4) is 0 Å². The van der Waals surface area contributed by atoms with Crippen LogP contribution in [0.2, 0.25) is 0 Å². The van der Waals surface area contributed by atoms with E-state index in [0.29, 0.717) is 0 Å². The van der Waals surface area contributed by atoms with Crippen LogP contribution in [0.25, 0.3) is 0 Å². The van der Waals surface area contributed by atoms with E-state index in [2.05, 4.69) is 11.9 Å². The van der Waals surface area contributed by atoms with Gasteiger partial charge in [-0.05, 0) is 51.0 Å². The molecule has 2 N–H and O–H groups in total. The van der Waals surface area contributed by atoms with Gasteiger partial charge in [0.15, 0.2) is 0 Å². The van der Waals surface area contributed by atoms with Crippen molar-refractivity contribution in [3.05, 3.63) is 16.1 Å². The van der Waals surface area contributed by atoms with Gasteiger partial charge in [0.05, 0.1) is 11.2 Å². The van der Waals surface area contributed by atoms with E-state index in [0.717, 1.165) is 18.4 Å². The Morgan fingerprint density at radius 1 is 1.43 bits per heavy atom. The molecule has 0 unspecified atom stereocenters. The molecular formula is C11H18N2S. The summed E-state index contributed by atoms with van der Waals surface area (Å²) < 4.78 is 0. The first-order valence-corrected chi connectivity index (χ1v) is 6.29. The van der Waals surface area contributed by atoms with Crippen molar-refractivity contribution in [2.75, 3.05) is 6.54 Å². The summed E-state index contributed by atoms with van der Waals surface area (Å²) in [6.45, 7) is 3.00. The Bertz CT molecular complexity index is 287. The Labute approximate surface area is 89.5 Å². The highest BCUT2D eigenvalue weighted by Crippen LogP contribution is 2.38. The van der Waals surface area contributed by atoms with Crippen LogP contribution in [0.15, 0.2) is 5.51 Å². The minimum atomic E-state index is 0.769. The molecule has 14 heavy (non-hydrogen) atoms. The van der Waals surface area contributed by atoms with E-state index in [9.17, 15) is 0 Å². The molecule has 0 aromatic carbocycles. The summed E-state index contributed by atoms with van der Waals surface area (Å²) in [7, 11) is 0. The quantitative estimate of drug-likeness (QED) is 0.815. The molecule has 0 atom stereocenters. The Hall–Kier alpha value is -0.410. The Balaban J connectivity index is 1.99. The highest BCUT2D eigenvalue weighted by atomic mass is 32.1. The first-order valence-electron chi connectivity index (χ1n) is 5.41. The number of hydrogen-bond donors (Lipinski definition) is 1. The van der Waals surface area contributed by atoms with Crippen LogP contribution in [0, 0.1) is 12.8 Å². The van der Waals surface area contributed by atoms with Gasteiger partial charge in [0.1, 0.15) is 0 Å². The summed E-state index contributed by atoms with van der Waals surface area (Å²) in [5.74, 6) is 1.55. The maximum Gasteiger partial charge on any atom is 0.0797 e. The maximum absolute atomic E-state index is 5.69. The lowest BCUT2D eigenvalue weighted by Crippen LogP contribution is -2.20. The molecule has 1 aliphatic rings. The fraction of sp³-hybridized carbons (Fsp3) is 0.727. The van der Waals surface area contributed by atoms with Crippen LogP contribution in [0.5, 0.6) is 0 Å². The molecule has 0 saturated heterocycles. The van der Waals surface area contributed by atoms with Gasteiger partial charge in [-0.3, -0.25) is 0 Å². The molecule has 0 aliphatic heterocycles. The van der Waals surface area contributed by atoms with Gasteiger partial charge in [0.2, 0.25) is 0 Å². The zero-order chi connectivity index (χ0) is 9.97. The third-order valence-electron chi connectivity index (χ3n) is 3.33. The normalized spacial score (nSPS) is 27.9. The lowest BCUT2D eigenvalue weighted by molar-refractivity contribution is 0.334. The third-order valence-corrected chi connectivity index (χ3v) is 4.43. The number of thiazole rings is 1. The summed E-state index contributed by atoms with van der Waals surface area (Å²) in [6.07, 6.45) is 5.23. The summed E-state index contributed by atoms with van der Waals surface area (Å²) in [5.41, 5.74) is 8.90. The van der Waals surface area contributed by atoms with E-state index in [1.165, 1.54) is 36.3 Å². The minimum Gasteiger partial charge on any atom is -0.330 e. The molecule has 1 fully saturated rings. The van der Waals surface area contributed by atoms with E-state index >= 15 is 0 Å². The number of aromatic nitrogens is 1. The van der Waals surface area contributed by atoms with Gasteiger partial charge in [-0.15, -0.1) is 11.3 Å². The van der Waals surface area contributed by atoms with Crippen molar-refractivity contribution in [3.8, 4) is 0 Å². The van der Waals surface area contributed by atoms with E-state index in [-0.39, 0.29) is 0 Å². The molecule has 2 rings (SSSR count). The highest BCUT2D eigenvalue weighted by molar-refractivity contribution is 7.09. The van der Waals surface area contributed by atoms with E-state index < -0.39 is 0 Å². The molecule has 1 aliphatic carbocycles. The van der Waals surface area contributed by atoms with Crippen molar-refractivity contribution in [1.82, 2.24) is 4.98 Å². The van der Waals surface area contributed by atoms with Crippen molar-refractivity contribution in [3.63, 3.8) is 0 Å². The number of rotatable bonds is 2. The second kappa shape index (κ2) is 4.41. The second-order valence-corrected chi connectivity index (χ2v) is 5.14. The van der Waals surface area contributed by atoms with Gasteiger partial charge in [-0.1, -0.05) is 0 Å². The summed E-state index contributed by atoms with van der Waals surface area (Å²) in [4.78, 5) is 5.84. The molecule has 1 aromatic heterocycles. The lowest BCUT2D eigenvalue weighted by atomic mass is 9.81. The van der Waals surface area contributed by atoms with E-state index in [1.54, 1.807) is 0 Å². The van der Waals surface area contributed by atoms with Crippen molar-refractivity contribution in [1.29, 1.82) is 0 Å². The molecule has 3 heteroatoms. The molecule has 1 aromatic rings. The highest BCUT2D eigenvalue weighted by Gasteiger charge is 2.23. The topological polar surface area (TPSA) is 38.9 Å². The third kappa shape index (κ3) is 1.98. The number of nitrogens with two attached hydrogens (primary N) is 1. The second-order valence-electron chi connectivity index (χ2n) is 4.26. The van der Waals surface area contributed by atoms with Crippen LogP contribution in [0.4, 0.5) is 0 Å². The van der Waals surface area contributed by atoms with Crippen LogP contribution in [-0.2, 0) is 0 Å². The van der Waals surface area contributed by atoms with E-state index in [1.807, 2.05) is 16.8 Å². The lowest BCUT2D eigenvalue weighted by Gasteiger charge is -2.27. The largest absolute Gasteiger partial charge is 0.330 e. The molecule has 78 valence electrons. The van der Waals surface area contributed by atoms with Crippen molar-refractivity contribution in [2.45, 2.75) is 38.5 Å². The SMILES string of the molecule is Cc1ncsc1C1CCC(CN)CC1. The average molecular weight is 210 g/mol. The number of nitrogens with zero attached hydrogens (tertiary/aromatic N) is 1. The molecule has 2 nitrogen and oxygen atoms in total. The van der Waals surface area contributed by atoms with Gasteiger partial charge < -0.3 is 5.73 Å². The average Bonchev–Trinajstić information content (AvgIpc) is 2.65. The molecule has 0 spiro atoms. The van der Waals surface area contributed by atoms with Crippen molar-refractivity contribution in [2.24, 2.45) is 11.7 Å². The Morgan fingerprint density at radius 2 is 2.14 bits per heavy atom. The maximum atomic E-state index is 5.69. The predicted octanol–water partition coefficient (Wildman–Crippen LogP) is 2.68. The van der Waals surface area contributed by atoms with E-state index in [4.69, 9.17) is 5.73 Å². The molecule has 0 radical (unpaired) electrons. The number of hydrogen-bond acceptors (Lipinski definition) is 3. The summed E-state index contributed by atoms with van der Waals surface area (Å²) in [5, 5.41) is 0. The Kier molecular flexibility index (Phi) is 3.19. The van der Waals surface area contributed by atoms with Gasteiger partial charge in [0, 0.05) is 4.88 Å². The first kappa shape index (κ1) is 10.1.